The second-order valence-corrected chi connectivity index (χ2v) is 5.10. The molecule has 1 aromatic heterocycles. The molecule has 4 nitrogen and oxygen atoms in total. The lowest BCUT2D eigenvalue weighted by Crippen LogP contribution is -2.16. The molecule has 0 aliphatic carbocycles. The van der Waals surface area contributed by atoms with Crippen molar-refractivity contribution in [3.05, 3.63) is 21.9 Å². The maximum Gasteiger partial charge on any atom is 0.235 e. The summed E-state index contributed by atoms with van der Waals surface area (Å²) in [5.41, 5.74) is 5.32. The number of pyridine rings is 1. The monoisotopic (exact) mass is 337 g/mol. The Kier molecular flexibility index (Phi) is 5.96. The van der Waals surface area contributed by atoms with Crippen molar-refractivity contribution in [1.29, 1.82) is 0 Å². The van der Waals surface area contributed by atoms with Crippen molar-refractivity contribution in [3.63, 3.8) is 0 Å². The summed E-state index contributed by atoms with van der Waals surface area (Å²) in [6.07, 6.45) is 1.71. The molecule has 1 amide bonds. The molecule has 0 aliphatic heterocycles. The highest BCUT2D eigenvalue weighted by atomic mass is 127. The lowest BCUT2D eigenvalue weighted by Gasteiger charge is -2.03. The van der Waals surface area contributed by atoms with Crippen LogP contribution in [0.2, 0.25) is 0 Å². The number of nitrogens with zero attached hydrogens (tertiary/aromatic N) is 1. The molecule has 0 saturated heterocycles. The van der Waals surface area contributed by atoms with Crippen molar-refractivity contribution in [2.45, 2.75) is 0 Å². The fourth-order valence-corrected chi connectivity index (χ4v) is 1.76. The highest BCUT2D eigenvalue weighted by Crippen LogP contribution is 2.07. The number of nitrogens with two attached hydrogens (primary N) is 1. The number of amides is 1. The molecule has 0 aromatic carbocycles. The molecule has 0 spiro atoms. The number of nitrogens with one attached hydrogen (secondary N) is 1. The van der Waals surface area contributed by atoms with Gasteiger partial charge in [-0.15, -0.1) is 0 Å². The quantitative estimate of drug-likeness (QED) is 0.628. The number of hydrogen-bond acceptors (Lipinski definition) is 4. The standard InChI is InChI=1S/C9H12IN3OS/c10-7-1-2-8(12-5-7)13-9(14)6-15-4-3-11/h1-2,5H,3-4,6,11H2,(H,12,13,14). The first kappa shape index (κ1) is 12.7. The van der Waals surface area contributed by atoms with Gasteiger partial charge in [-0.3, -0.25) is 4.79 Å². The van der Waals surface area contributed by atoms with E-state index in [1.807, 2.05) is 6.07 Å². The molecule has 0 radical (unpaired) electrons. The zero-order chi connectivity index (χ0) is 11.1. The number of carbonyl (C=O) groups excluding carboxylic acids is 1. The molecule has 1 rings (SSSR count). The van der Waals surface area contributed by atoms with Gasteiger partial charge in [0.15, 0.2) is 0 Å². The minimum atomic E-state index is -0.0397. The van der Waals surface area contributed by atoms with Crippen molar-refractivity contribution >= 4 is 46.1 Å². The summed E-state index contributed by atoms with van der Waals surface area (Å²) >= 11 is 3.68. The van der Waals surface area contributed by atoms with Gasteiger partial charge in [-0.1, -0.05) is 0 Å². The van der Waals surface area contributed by atoms with E-state index >= 15 is 0 Å². The Morgan fingerprint density at radius 1 is 1.60 bits per heavy atom. The van der Waals surface area contributed by atoms with E-state index in [1.165, 1.54) is 11.8 Å². The van der Waals surface area contributed by atoms with Crippen LogP contribution in [0.15, 0.2) is 18.3 Å². The smallest absolute Gasteiger partial charge is 0.235 e. The Morgan fingerprint density at radius 2 is 2.40 bits per heavy atom. The normalized spacial score (nSPS) is 10.0. The topological polar surface area (TPSA) is 68.0 Å². The van der Waals surface area contributed by atoms with Gasteiger partial charge >= 0.3 is 0 Å². The number of rotatable bonds is 5. The van der Waals surface area contributed by atoms with Gasteiger partial charge in [0.1, 0.15) is 5.82 Å². The molecule has 0 bridgehead atoms. The summed E-state index contributed by atoms with van der Waals surface area (Å²) < 4.78 is 1.04. The summed E-state index contributed by atoms with van der Waals surface area (Å²) in [4.78, 5) is 15.4. The van der Waals surface area contributed by atoms with E-state index in [0.717, 1.165) is 9.32 Å². The Balaban J connectivity index is 2.34. The number of anilines is 1. The maximum absolute atomic E-state index is 11.4. The number of thioether (sulfide) groups is 1. The molecule has 0 unspecified atom stereocenters. The average molecular weight is 337 g/mol. The molecule has 0 atom stereocenters. The lowest BCUT2D eigenvalue weighted by molar-refractivity contribution is -0.113. The summed E-state index contributed by atoms with van der Waals surface area (Å²) in [6, 6.07) is 3.68. The van der Waals surface area contributed by atoms with Gasteiger partial charge in [-0.05, 0) is 34.7 Å². The van der Waals surface area contributed by atoms with Crippen LogP contribution in [0.1, 0.15) is 0 Å². The molecule has 15 heavy (non-hydrogen) atoms. The van der Waals surface area contributed by atoms with Crippen LogP contribution in [0.3, 0.4) is 0 Å². The SMILES string of the molecule is NCCSCC(=O)Nc1ccc(I)cn1. The molecule has 3 N–H and O–H groups in total. The van der Waals surface area contributed by atoms with Crippen molar-refractivity contribution < 1.29 is 4.79 Å². The molecule has 6 heteroatoms. The fraction of sp³-hybridized carbons (Fsp3) is 0.333. The largest absolute Gasteiger partial charge is 0.330 e. The highest BCUT2D eigenvalue weighted by molar-refractivity contribution is 14.1. The van der Waals surface area contributed by atoms with Gasteiger partial charge < -0.3 is 11.1 Å². The highest BCUT2D eigenvalue weighted by Gasteiger charge is 2.02. The molecule has 0 fully saturated rings. The van der Waals surface area contributed by atoms with Gasteiger partial charge in [0.2, 0.25) is 5.91 Å². The van der Waals surface area contributed by atoms with Crippen LogP contribution in [0.25, 0.3) is 0 Å². The Hall–Kier alpha value is -0.340. The van der Waals surface area contributed by atoms with E-state index < -0.39 is 0 Å². The number of carbonyl (C=O) groups is 1. The first-order chi connectivity index (χ1) is 7.22. The number of aromatic nitrogens is 1. The van der Waals surface area contributed by atoms with E-state index in [2.05, 4.69) is 32.9 Å². The van der Waals surface area contributed by atoms with E-state index in [-0.39, 0.29) is 5.91 Å². The first-order valence-corrected chi connectivity index (χ1v) is 6.65. The third kappa shape index (κ3) is 5.33. The number of halogens is 1. The van der Waals surface area contributed by atoms with Crippen molar-refractivity contribution in [1.82, 2.24) is 4.98 Å². The van der Waals surface area contributed by atoms with Gasteiger partial charge in [0.05, 0.1) is 5.75 Å². The average Bonchev–Trinajstić information content (AvgIpc) is 2.22. The molecule has 1 heterocycles. The predicted molar refractivity (Wildman–Crippen MR) is 72.0 cm³/mol. The Bertz CT molecular complexity index is 318. The lowest BCUT2D eigenvalue weighted by atomic mass is 10.4. The predicted octanol–water partition coefficient (Wildman–Crippen LogP) is 1.32. The maximum atomic E-state index is 11.4. The fourth-order valence-electron chi connectivity index (χ4n) is 0.877. The van der Waals surface area contributed by atoms with Crippen LogP contribution < -0.4 is 11.1 Å². The van der Waals surface area contributed by atoms with Crippen LogP contribution in [0.4, 0.5) is 5.82 Å². The second kappa shape index (κ2) is 7.02. The van der Waals surface area contributed by atoms with E-state index in [4.69, 9.17) is 5.73 Å². The molecule has 0 saturated carbocycles. The van der Waals surface area contributed by atoms with Crippen LogP contribution in [0.5, 0.6) is 0 Å². The minimum Gasteiger partial charge on any atom is -0.330 e. The summed E-state index contributed by atoms with van der Waals surface area (Å²) in [6.45, 7) is 0.597. The summed E-state index contributed by atoms with van der Waals surface area (Å²) in [5.74, 6) is 1.77. The molecular weight excluding hydrogens is 325 g/mol. The first-order valence-electron chi connectivity index (χ1n) is 4.41. The van der Waals surface area contributed by atoms with Crippen molar-refractivity contribution in [3.8, 4) is 0 Å². The second-order valence-electron chi connectivity index (χ2n) is 2.75. The third-order valence-corrected chi connectivity index (χ3v) is 3.12. The zero-order valence-corrected chi connectivity index (χ0v) is 11.0. The van der Waals surface area contributed by atoms with Crippen LogP contribution in [-0.4, -0.2) is 28.9 Å². The Morgan fingerprint density at radius 3 is 3.00 bits per heavy atom. The Labute approximate surface area is 107 Å². The molecule has 0 aliphatic rings. The van der Waals surface area contributed by atoms with Crippen LogP contribution in [-0.2, 0) is 4.79 Å². The van der Waals surface area contributed by atoms with Crippen molar-refractivity contribution in [2.24, 2.45) is 5.73 Å². The summed E-state index contributed by atoms with van der Waals surface area (Å²) in [7, 11) is 0. The van der Waals surface area contributed by atoms with Gasteiger partial charge in [-0.2, -0.15) is 11.8 Å². The third-order valence-electron chi connectivity index (χ3n) is 1.49. The molecule has 82 valence electrons. The minimum absolute atomic E-state index is 0.0397. The van der Waals surface area contributed by atoms with Crippen molar-refractivity contribution in [2.75, 3.05) is 23.4 Å². The van der Waals surface area contributed by atoms with E-state index in [1.54, 1.807) is 12.3 Å². The molecule has 1 aromatic rings. The van der Waals surface area contributed by atoms with Gasteiger partial charge in [-0.25, -0.2) is 4.98 Å². The van der Waals surface area contributed by atoms with Crippen LogP contribution in [0, 0.1) is 3.57 Å². The molecular formula is C9H12IN3OS. The van der Waals surface area contributed by atoms with E-state index in [0.29, 0.717) is 18.1 Å². The van der Waals surface area contributed by atoms with Crippen LogP contribution >= 0.6 is 34.4 Å². The number of hydrogen-bond donors (Lipinski definition) is 2. The summed E-state index contributed by atoms with van der Waals surface area (Å²) in [5, 5.41) is 2.71. The van der Waals surface area contributed by atoms with E-state index in [9.17, 15) is 4.79 Å². The van der Waals surface area contributed by atoms with Gasteiger partial charge in [0, 0.05) is 22.1 Å². The van der Waals surface area contributed by atoms with Gasteiger partial charge in [0.25, 0.3) is 0 Å². The zero-order valence-electron chi connectivity index (χ0n) is 8.07.